The molecular weight excluding hydrogens is 461 g/mol. The molecule has 1 heterocycles. The van der Waals surface area contributed by atoms with E-state index in [1.807, 2.05) is 0 Å². The van der Waals surface area contributed by atoms with Crippen LogP contribution in [0.5, 0.6) is 0 Å². The molecule has 29 heavy (non-hydrogen) atoms. The molecule has 0 bridgehead atoms. The number of aliphatic hydroxyl groups is 1. The first kappa shape index (κ1) is 21.9. The van der Waals surface area contributed by atoms with E-state index in [0.29, 0.717) is 16.1 Å². The zero-order valence-corrected chi connectivity index (χ0v) is 18.2. The summed E-state index contributed by atoms with van der Waals surface area (Å²) < 4.78 is 14.8. The van der Waals surface area contributed by atoms with Crippen LogP contribution in [0.25, 0.3) is 0 Å². The summed E-state index contributed by atoms with van der Waals surface area (Å²) in [6.07, 6.45) is 3.73. The molecule has 0 spiro atoms. The maximum atomic E-state index is 14.1. The van der Waals surface area contributed by atoms with Crippen molar-refractivity contribution in [2.24, 2.45) is 5.73 Å². The smallest absolute Gasteiger partial charge is 0.251 e. The van der Waals surface area contributed by atoms with Crippen molar-refractivity contribution < 1.29 is 19.1 Å². The molecule has 1 aliphatic carbocycles. The van der Waals surface area contributed by atoms with Crippen LogP contribution in [0.15, 0.2) is 22.7 Å². The number of fused-ring (bicyclic) bond motifs is 1. The van der Waals surface area contributed by atoms with Crippen LogP contribution in [0.4, 0.5) is 9.39 Å². The van der Waals surface area contributed by atoms with Crippen molar-refractivity contribution in [2.75, 3.05) is 25.0 Å². The Kier molecular flexibility index (Phi) is 7.39. The average molecular weight is 484 g/mol. The second kappa shape index (κ2) is 9.80. The molecule has 0 saturated heterocycles. The molecule has 1 aromatic carbocycles. The van der Waals surface area contributed by atoms with Gasteiger partial charge in [-0.2, -0.15) is 0 Å². The van der Waals surface area contributed by atoms with E-state index in [1.165, 1.54) is 17.4 Å². The van der Waals surface area contributed by atoms with Gasteiger partial charge in [-0.05, 0) is 49.4 Å². The first-order valence-electron chi connectivity index (χ1n) is 9.40. The van der Waals surface area contributed by atoms with Crippen LogP contribution in [0.3, 0.4) is 0 Å². The zero-order valence-electron chi connectivity index (χ0n) is 15.8. The van der Waals surface area contributed by atoms with Crippen molar-refractivity contribution in [3.05, 3.63) is 50.1 Å². The van der Waals surface area contributed by atoms with Crippen LogP contribution in [-0.4, -0.2) is 41.5 Å². The van der Waals surface area contributed by atoms with Crippen LogP contribution in [0.2, 0.25) is 0 Å². The van der Waals surface area contributed by atoms with Gasteiger partial charge in [-0.1, -0.05) is 15.9 Å². The van der Waals surface area contributed by atoms with E-state index in [1.54, 1.807) is 17.0 Å². The lowest BCUT2D eigenvalue weighted by molar-refractivity contribution is -0.117. The van der Waals surface area contributed by atoms with E-state index < -0.39 is 5.91 Å². The Hall–Kier alpha value is -1.81. The predicted octanol–water partition coefficient (Wildman–Crippen LogP) is 3.06. The number of halogens is 2. The number of anilines is 1. The molecule has 156 valence electrons. The summed E-state index contributed by atoms with van der Waals surface area (Å²) in [4.78, 5) is 27.4. The summed E-state index contributed by atoms with van der Waals surface area (Å²) in [6.45, 7) is 0.169. The van der Waals surface area contributed by atoms with Gasteiger partial charge in [-0.25, -0.2) is 4.39 Å². The fourth-order valence-corrected chi connectivity index (χ4v) is 5.26. The standard InChI is InChI=1S/C20H23BrFN3O3S/c21-13-5-6-15(22)12(9-13)10-25(7-8-26)11-17(27)24-20-18(19(23)28)14-3-1-2-4-16(14)29-20/h5-6,9,26H,1-4,7-8,10-11H2,(H2,23,28)(H,24,27). The Bertz CT molecular complexity index is 919. The maximum Gasteiger partial charge on any atom is 0.251 e. The molecule has 2 amide bonds. The monoisotopic (exact) mass is 483 g/mol. The van der Waals surface area contributed by atoms with Gasteiger partial charge >= 0.3 is 0 Å². The first-order valence-corrected chi connectivity index (χ1v) is 11.0. The van der Waals surface area contributed by atoms with E-state index in [-0.39, 0.29) is 38.0 Å². The normalized spacial score (nSPS) is 13.4. The molecule has 9 heteroatoms. The minimum absolute atomic E-state index is 0.0483. The Balaban J connectivity index is 1.73. The number of thiophene rings is 1. The third-order valence-electron chi connectivity index (χ3n) is 4.86. The highest BCUT2D eigenvalue weighted by atomic mass is 79.9. The maximum absolute atomic E-state index is 14.1. The Morgan fingerprint density at radius 3 is 2.79 bits per heavy atom. The molecule has 1 aliphatic rings. The number of rotatable bonds is 8. The van der Waals surface area contributed by atoms with Crippen LogP contribution >= 0.6 is 27.3 Å². The van der Waals surface area contributed by atoms with Crippen molar-refractivity contribution in [1.82, 2.24) is 4.90 Å². The number of aliphatic hydroxyl groups excluding tert-OH is 1. The van der Waals surface area contributed by atoms with Crippen molar-refractivity contribution >= 4 is 44.1 Å². The van der Waals surface area contributed by atoms with Crippen molar-refractivity contribution in [2.45, 2.75) is 32.2 Å². The quantitative estimate of drug-likeness (QED) is 0.537. The van der Waals surface area contributed by atoms with Gasteiger partial charge in [0.15, 0.2) is 0 Å². The summed E-state index contributed by atoms with van der Waals surface area (Å²) in [5, 5.41) is 12.6. The zero-order chi connectivity index (χ0) is 21.0. The molecule has 0 aliphatic heterocycles. The van der Waals surface area contributed by atoms with Crippen LogP contribution in [-0.2, 0) is 24.2 Å². The minimum Gasteiger partial charge on any atom is -0.395 e. The number of hydrogen-bond acceptors (Lipinski definition) is 5. The first-order chi connectivity index (χ1) is 13.9. The van der Waals surface area contributed by atoms with E-state index >= 15 is 0 Å². The molecule has 3 rings (SSSR count). The number of nitrogens with two attached hydrogens (primary N) is 1. The number of benzene rings is 1. The minimum atomic E-state index is -0.539. The van der Waals surface area contributed by atoms with Gasteiger partial charge < -0.3 is 16.2 Å². The number of amides is 2. The van der Waals surface area contributed by atoms with Crippen molar-refractivity contribution in [3.63, 3.8) is 0 Å². The van der Waals surface area contributed by atoms with Gasteiger partial charge in [0.25, 0.3) is 5.91 Å². The predicted molar refractivity (Wildman–Crippen MR) is 115 cm³/mol. The largest absolute Gasteiger partial charge is 0.395 e. The molecule has 0 fully saturated rings. The SMILES string of the molecule is NC(=O)c1c(NC(=O)CN(CCO)Cc2cc(Br)ccc2F)sc2c1CCCC2. The topological polar surface area (TPSA) is 95.7 Å². The van der Waals surface area contributed by atoms with E-state index in [0.717, 1.165) is 40.6 Å². The van der Waals surface area contributed by atoms with Gasteiger partial charge in [0.2, 0.25) is 5.91 Å². The number of nitrogens with one attached hydrogen (secondary N) is 1. The lowest BCUT2D eigenvalue weighted by Gasteiger charge is -2.21. The number of carbonyl (C=O) groups is 2. The van der Waals surface area contributed by atoms with E-state index in [2.05, 4.69) is 21.2 Å². The van der Waals surface area contributed by atoms with Crippen LogP contribution in [0, 0.1) is 5.82 Å². The number of aryl methyl sites for hydroxylation is 1. The Morgan fingerprint density at radius 1 is 1.31 bits per heavy atom. The van der Waals surface area contributed by atoms with Crippen molar-refractivity contribution in [1.29, 1.82) is 0 Å². The molecule has 0 unspecified atom stereocenters. The summed E-state index contributed by atoms with van der Waals surface area (Å²) in [5.74, 6) is -1.25. The number of carbonyl (C=O) groups excluding carboxylic acids is 2. The number of primary amides is 1. The second-order valence-corrected chi connectivity index (χ2v) is 9.02. The van der Waals surface area contributed by atoms with Gasteiger partial charge in [0.1, 0.15) is 10.8 Å². The van der Waals surface area contributed by atoms with Gasteiger partial charge in [0.05, 0.1) is 18.7 Å². The van der Waals surface area contributed by atoms with Gasteiger partial charge in [0, 0.05) is 28.0 Å². The summed E-state index contributed by atoms with van der Waals surface area (Å²) >= 11 is 4.71. The molecule has 6 nitrogen and oxygen atoms in total. The van der Waals surface area contributed by atoms with Gasteiger partial charge in [-0.15, -0.1) is 11.3 Å². The third kappa shape index (κ3) is 5.42. The number of hydrogen-bond donors (Lipinski definition) is 3. The Labute approximate surface area is 181 Å². The van der Waals surface area contributed by atoms with Crippen LogP contribution < -0.4 is 11.1 Å². The molecule has 4 N–H and O–H groups in total. The highest BCUT2D eigenvalue weighted by molar-refractivity contribution is 9.10. The summed E-state index contributed by atoms with van der Waals surface area (Å²) in [6, 6.07) is 4.61. The molecule has 0 saturated carbocycles. The van der Waals surface area contributed by atoms with E-state index in [9.17, 15) is 19.1 Å². The van der Waals surface area contributed by atoms with E-state index in [4.69, 9.17) is 5.73 Å². The summed E-state index contributed by atoms with van der Waals surface area (Å²) in [7, 11) is 0. The fraction of sp³-hybridized carbons (Fsp3) is 0.400. The summed E-state index contributed by atoms with van der Waals surface area (Å²) in [5.41, 5.74) is 7.35. The second-order valence-electron chi connectivity index (χ2n) is 7.00. The average Bonchev–Trinajstić information content (AvgIpc) is 3.02. The highest BCUT2D eigenvalue weighted by Crippen LogP contribution is 2.37. The number of nitrogens with zero attached hydrogens (tertiary/aromatic N) is 1. The van der Waals surface area contributed by atoms with Crippen molar-refractivity contribution in [3.8, 4) is 0 Å². The Morgan fingerprint density at radius 2 is 2.07 bits per heavy atom. The molecular formula is C20H23BrFN3O3S. The molecule has 0 radical (unpaired) electrons. The third-order valence-corrected chi connectivity index (χ3v) is 6.56. The lowest BCUT2D eigenvalue weighted by atomic mass is 9.95. The van der Waals surface area contributed by atoms with Crippen LogP contribution in [0.1, 0.15) is 39.2 Å². The molecule has 2 aromatic rings. The molecule has 1 aromatic heterocycles. The fourth-order valence-electron chi connectivity index (χ4n) is 3.54. The molecule has 0 atom stereocenters. The highest BCUT2D eigenvalue weighted by Gasteiger charge is 2.25. The van der Waals surface area contributed by atoms with Gasteiger partial charge in [-0.3, -0.25) is 14.5 Å². The lowest BCUT2D eigenvalue weighted by Crippen LogP contribution is -2.35.